The molecule has 3 nitrogen and oxygen atoms in total. The molecule has 0 spiro atoms. The number of hydrazine groups is 1. The van der Waals surface area contributed by atoms with Crippen molar-refractivity contribution in [3.63, 3.8) is 0 Å². The van der Waals surface area contributed by atoms with E-state index in [0.717, 1.165) is 12.5 Å². The average molecular weight is 186 g/mol. The van der Waals surface area contributed by atoms with Gasteiger partial charge in [-0.1, -0.05) is 19.8 Å². The van der Waals surface area contributed by atoms with E-state index in [1.54, 1.807) is 7.11 Å². The van der Waals surface area contributed by atoms with Gasteiger partial charge in [0, 0.05) is 13.2 Å². The van der Waals surface area contributed by atoms with Crippen LogP contribution in [0.5, 0.6) is 0 Å². The molecule has 3 unspecified atom stereocenters. The Labute approximate surface area is 81.0 Å². The molecule has 0 amide bonds. The van der Waals surface area contributed by atoms with Crippen LogP contribution < -0.4 is 11.3 Å². The van der Waals surface area contributed by atoms with Crippen molar-refractivity contribution in [2.45, 2.75) is 38.6 Å². The molecule has 0 radical (unpaired) electrons. The Morgan fingerprint density at radius 1 is 1.54 bits per heavy atom. The van der Waals surface area contributed by atoms with Gasteiger partial charge in [-0.15, -0.1) is 0 Å². The third-order valence-corrected chi connectivity index (χ3v) is 3.11. The van der Waals surface area contributed by atoms with Crippen molar-refractivity contribution in [3.05, 3.63) is 0 Å². The first-order valence-electron chi connectivity index (χ1n) is 5.23. The molecule has 1 rings (SSSR count). The lowest BCUT2D eigenvalue weighted by Crippen LogP contribution is -2.45. The van der Waals surface area contributed by atoms with Gasteiger partial charge in [0.05, 0.1) is 6.61 Å². The Morgan fingerprint density at radius 3 is 2.85 bits per heavy atom. The van der Waals surface area contributed by atoms with E-state index in [1.807, 2.05) is 0 Å². The van der Waals surface area contributed by atoms with Gasteiger partial charge in [-0.3, -0.25) is 11.3 Å². The van der Waals surface area contributed by atoms with Crippen LogP contribution in [0.3, 0.4) is 0 Å². The van der Waals surface area contributed by atoms with Crippen LogP contribution in [0.2, 0.25) is 0 Å². The molecular formula is C10H22N2O. The fraction of sp³-hybridized carbons (Fsp3) is 1.00. The van der Waals surface area contributed by atoms with Gasteiger partial charge in [0.15, 0.2) is 0 Å². The first-order chi connectivity index (χ1) is 6.27. The third kappa shape index (κ3) is 3.25. The lowest BCUT2D eigenvalue weighted by Gasteiger charge is -2.32. The number of hydrogen-bond acceptors (Lipinski definition) is 3. The van der Waals surface area contributed by atoms with E-state index < -0.39 is 0 Å². The number of rotatable bonds is 4. The maximum atomic E-state index is 5.51. The summed E-state index contributed by atoms with van der Waals surface area (Å²) in [5, 5.41) is 0. The molecule has 1 aliphatic carbocycles. The van der Waals surface area contributed by atoms with Crippen LogP contribution in [0.15, 0.2) is 0 Å². The molecule has 1 aliphatic rings. The molecule has 3 heteroatoms. The SMILES string of the molecule is COCC(NN)C1CCCC(C)C1. The Hall–Kier alpha value is -0.120. The number of methoxy groups -OCH3 is 1. The molecule has 0 saturated heterocycles. The van der Waals surface area contributed by atoms with Crippen molar-refractivity contribution in [3.8, 4) is 0 Å². The summed E-state index contributed by atoms with van der Waals surface area (Å²) < 4.78 is 5.14. The number of ether oxygens (including phenoxy) is 1. The number of nitrogens with one attached hydrogen (secondary N) is 1. The van der Waals surface area contributed by atoms with Crippen molar-refractivity contribution in [1.82, 2.24) is 5.43 Å². The fourth-order valence-corrected chi connectivity index (χ4v) is 2.35. The summed E-state index contributed by atoms with van der Waals surface area (Å²) in [6.45, 7) is 3.06. The van der Waals surface area contributed by atoms with E-state index in [9.17, 15) is 0 Å². The Bertz CT molecular complexity index is 141. The summed E-state index contributed by atoms with van der Waals surface area (Å²) in [4.78, 5) is 0. The van der Waals surface area contributed by atoms with Crippen LogP contribution in [0.25, 0.3) is 0 Å². The molecular weight excluding hydrogens is 164 g/mol. The van der Waals surface area contributed by atoms with Crippen LogP contribution in [-0.4, -0.2) is 19.8 Å². The zero-order valence-electron chi connectivity index (χ0n) is 8.75. The van der Waals surface area contributed by atoms with Crippen LogP contribution in [0.1, 0.15) is 32.6 Å². The van der Waals surface area contributed by atoms with E-state index >= 15 is 0 Å². The fourth-order valence-electron chi connectivity index (χ4n) is 2.35. The Kier molecular flexibility index (Phi) is 4.70. The molecule has 0 aromatic carbocycles. The van der Waals surface area contributed by atoms with Crippen LogP contribution in [0.4, 0.5) is 0 Å². The molecule has 3 atom stereocenters. The molecule has 0 heterocycles. The Balaban J connectivity index is 2.37. The first-order valence-corrected chi connectivity index (χ1v) is 5.23. The predicted molar refractivity (Wildman–Crippen MR) is 54.1 cm³/mol. The summed E-state index contributed by atoms with van der Waals surface area (Å²) in [6.07, 6.45) is 5.30. The van der Waals surface area contributed by atoms with E-state index in [4.69, 9.17) is 10.6 Å². The van der Waals surface area contributed by atoms with Crippen molar-refractivity contribution in [2.24, 2.45) is 17.7 Å². The first kappa shape index (κ1) is 11.0. The van der Waals surface area contributed by atoms with Gasteiger partial charge in [0.25, 0.3) is 0 Å². The molecule has 13 heavy (non-hydrogen) atoms. The molecule has 78 valence electrons. The van der Waals surface area contributed by atoms with E-state index in [0.29, 0.717) is 12.0 Å². The zero-order chi connectivity index (χ0) is 9.68. The van der Waals surface area contributed by atoms with Gasteiger partial charge >= 0.3 is 0 Å². The van der Waals surface area contributed by atoms with Crippen molar-refractivity contribution in [1.29, 1.82) is 0 Å². The molecule has 1 fully saturated rings. The molecule has 0 bridgehead atoms. The van der Waals surface area contributed by atoms with Gasteiger partial charge in [-0.25, -0.2) is 0 Å². The van der Waals surface area contributed by atoms with Crippen LogP contribution >= 0.6 is 0 Å². The largest absolute Gasteiger partial charge is 0.383 e. The van der Waals surface area contributed by atoms with Crippen LogP contribution in [0, 0.1) is 11.8 Å². The summed E-state index contributed by atoms with van der Waals surface area (Å²) in [6, 6.07) is 0.341. The second kappa shape index (κ2) is 5.58. The molecule has 0 aromatic rings. The minimum absolute atomic E-state index is 0.341. The van der Waals surface area contributed by atoms with Crippen molar-refractivity contribution < 1.29 is 4.74 Å². The lowest BCUT2D eigenvalue weighted by molar-refractivity contribution is 0.115. The predicted octanol–water partition coefficient (Wildman–Crippen LogP) is 1.29. The highest BCUT2D eigenvalue weighted by Crippen LogP contribution is 2.30. The summed E-state index contributed by atoms with van der Waals surface area (Å²) >= 11 is 0. The number of nitrogens with two attached hydrogens (primary N) is 1. The van der Waals surface area contributed by atoms with Crippen molar-refractivity contribution >= 4 is 0 Å². The van der Waals surface area contributed by atoms with E-state index in [2.05, 4.69) is 12.3 Å². The minimum Gasteiger partial charge on any atom is -0.383 e. The smallest absolute Gasteiger partial charge is 0.0632 e. The summed E-state index contributed by atoms with van der Waals surface area (Å²) in [5.41, 5.74) is 2.87. The van der Waals surface area contributed by atoms with Gasteiger partial charge in [-0.05, 0) is 24.7 Å². The lowest BCUT2D eigenvalue weighted by atomic mass is 9.79. The van der Waals surface area contributed by atoms with Gasteiger partial charge in [0.2, 0.25) is 0 Å². The summed E-state index contributed by atoms with van der Waals surface area (Å²) in [7, 11) is 1.73. The average Bonchev–Trinajstić information content (AvgIpc) is 2.14. The quantitative estimate of drug-likeness (QED) is 0.514. The third-order valence-electron chi connectivity index (χ3n) is 3.11. The van der Waals surface area contributed by atoms with Gasteiger partial charge in [-0.2, -0.15) is 0 Å². The second-order valence-corrected chi connectivity index (χ2v) is 4.26. The highest BCUT2D eigenvalue weighted by Gasteiger charge is 2.25. The normalized spacial score (nSPS) is 31.6. The second-order valence-electron chi connectivity index (χ2n) is 4.26. The maximum Gasteiger partial charge on any atom is 0.0632 e. The van der Waals surface area contributed by atoms with Crippen molar-refractivity contribution in [2.75, 3.05) is 13.7 Å². The van der Waals surface area contributed by atoms with Crippen LogP contribution in [-0.2, 0) is 4.74 Å². The molecule has 0 aliphatic heterocycles. The maximum absolute atomic E-state index is 5.51. The minimum atomic E-state index is 0.341. The molecule has 0 aromatic heterocycles. The van der Waals surface area contributed by atoms with E-state index in [1.165, 1.54) is 25.7 Å². The topological polar surface area (TPSA) is 47.3 Å². The highest BCUT2D eigenvalue weighted by molar-refractivity contribution is 4.79. The highest BCUT2D eigenvalue weighted by atomic mass is 16.5. The monoisotopic (exact) mass is 186 g/mol. The van der Waals surface area contributed by atoms with Gasteiger partial charge in [0.1, 0.15) is 0 Å². The Morgan fingerprint density at radius 2 is 2.31 bits per heavy atom. The molecule has 3 N–H and O–H groups in total. The summed E-state index contributed by atoms with van der Waals surface area (Å²) in [5.74, 6) is 7.06. The standard InChI is InChI=1S/C10H22N2O/c1-8-4-3-5-9(6-8)10(12-11)7-13-2/h8-10,12H,3-7,11H2,1-2H3. The molecule has 1 saturated carbocycles. The van der Waals surface area contributed by atoms with E-state index in [-0.39, 0.29) is 0 Å². The van der Waals surface area contributed by atoms with Gasteiger partial charge < -0.3 is 4.74 Å². The number of hydrogen-bond donors (Lipinski definition) is 2. The zero-order valence-corrected chi connectivity index (χ0v) is 8.75.